The number of anilines is 1. The number of nitrogens with zero attached hydrogens (tertiary/aromatic N) is 2. The van der Waals surface area contributed by atoms with Gasteiger partial charge in [0, 0.05) is 44.2 Å². The van der Waals surface area contributed by atoms with E-state index in [0.29, 0.717) is 49.6 Å². The Hall–Kier alpha value is -2.67. The van der Waals surface area contributed by atoms with Crippen molar-refractivity contribution in [1.82, 2.24) is 9.88 Å². The SMILES string of the molecule is Cc1cc(F)ccc1OC1(C(=O)O)CCN(Cc2cccnc2N)CC1. The summed E-state index contributed by atoms with van der Waals surface area (Å²) in [7, 11) is 0. The number of pyridine rings is 1. The van der Waals surface area contributed by atoms with E-state index in [-0.39, 0.29) is 5.82 Å². The molecule has 0 unspecified atom stereocenters. The first-order valence-electron chi connectivity index (χ1n) is 8.50. The molecule has 26 heavy (non-hydrogen) atoms. The zero-order chi connectivity index (χ0) is 18.7. The number of benzene rings is 1. The van der Waals surface area contributed by atoms with Gasteiger partial charge in [-0.05, 0) is 36.8 Å². The van der Waals surface area contributed by atoms with Crippen LogP contribution in [0.5, 0.6) is 5.75 Å². The number of carbonyl (C=O) groups is 1. The molecule has 1 aromatic carbocycles. The van der Waals surface area contributed by atoms with Gasteiger partial charge in [0.2, 0.25) is 5.60 Å². The fourth-order valence-corrected chi connectivity index (χ4v) is 3.20. The first-order valence-corrected chi connectivity index (χ1v) is 8.50. The number of nitrogens with two attached hydrogens (primary N) is 1. The largest absolute Gasteiger partial charge is 0.478 e. The Bertz CT molecular complexity index is 804. The molecule has 6 nitrogen and oxygen atoms in total. The third-order valence-electron chi connectivity index (χ3n) is 4.82. The van der Waals surface area contributed by atoms with E-state index in [1.54, 1.807) is 13.1 Å². The fraction of sp³-hybridized carbons (Fsp3) is 0.368. The van der Waals surface area contributed by atoms with Gasteiger partial charge in [-0.1, -0.05) is 6.07 Å². The first-order chi connectivity index (χ1) is 12.4. The average molecular weight is 359 g/mol. The quantitative estimate of drug-likeness (QED) is 0.853. The molecule has 0 aliphatic carbocycles. The van der Waals surface area contributed by atoms with Gasteiger partial charge in [-0.25, -0.2) is 14.2 Å². The lowest BCUT2D eigenvalue weighted by molar-refractivity contribution is -0.159. The number of likely N-dealkylation sites (tertiary alicyclic amines) is 1. The minimum Gasteiger partial charge on any atom is -0.478 e. The molecule has 0 bridgehead atoms. The molecule has 138 valence electrons. The lowest BCUT2D eigenvalue weighted by atomic mass is 9.90. The lowest BCUT2D eigenvalue weighted by Gasteiger charge is -2.39. The predicted octanol–water partition coefficient (Wildman–Crippen LogP) is 2.61. The van der Waals surface area contributed by atoms with E-state index in [9.17, 15) is 14.3 Å². The van der Waals surface area contributed by atoms with Gasteiger partial charge >= 0.3 is 5.97 Å². The van der Waals surface area contributed by atoms with Gasteiger partial charge in [-0.3, -0.25) is 4.90 Å². The standard InChI is InChI=1S/C19H22FN3O3/c1-13-11-15(20)4-5-16(13)26-19(18(24)25)6-9-23(10-7-19)12-14-3-2-8-22-17(14)21/h2-5,8,11H,6-7,9-10,12H2,1H3,(H2,21,22)(H,24,25). The summed E-state index contributed by atoms with van der Waals surface area (Å²) >= 11 is 0. The molecule has 0 spiro atoms. The van der Waals surface area contributed by atoms with Crippen LogP contribution in [0, 0.1) is 12.7 Å². The Balaban J connectivity index is 1.71. The van der Waals surface area contributed by atoms with Gasteiger partial charge in [0.25, 0.3) is 0 Å². The van der Waals surface area contributed by atoms with Crippen molar-refractivity contribution in [3.8, 4) is 5.75 Å². The fourth-order valence-electron chi connectivity index (χ4n) is 3.20. The number of rotatable bonds is 5. The van der Waals surface area contributed by atoms with Crippen molar-refractivity contribution in [1.29, 1.82) is 0 Å². The number of nitrogen functional groups attached to an aromatic ring is 1. The number of ether oxygens (including phenoxy) is 1. The van der Waals surface area contributed by atoms with Crippen LogP contribution in [0.1, 0.15) is 24.0 Å². The lowest BCUT2D eigenvalue weighted by Crippen LogP contribution is -2.53. The summed E-state index contributed by atoms with van der Waals surface area (Å²) < 4.78 is 19.2. The topological polar surface area (TPSA) is 88.7 Å². The Morgan fingerprint density at radius 1 is 1.38 bits per heavy atom. The maximum atomic E-state index is 13.3. The summed E-state index contributed by atoms with van der Waals surface area (Å²) in [5, 5.41) is 9.77. The molecule has 0 saturated carbocycles. The van der Waals surface area contributed by atoms with Gasteiger partial charge < -0.3 is 15.6 Å². The van der Waals surface area contributed by atoms with Gasteiger partial charge in [-0.15, -0.1) is 0 Å². The molecule has 1 aliphatic rings. The van der Waals surface area contributed by atoms with Crippen molar-refractivity contribution in [2.24, 2.45) is 0 Å². The maximum absolute atomic E-state index is 13.3. The van der Waals surface area contributed by atoms with E-state index in [1.165, 1.54) is 18.2 Å². The molecular weight excluding hydrogens is 337 g/mol. The monoisotopic (exact) mass is 359 g/mol. The highest BCUT2D eigenvalue weighted by atomic mass is 19.1. The van der Waals surface area contributed by atoms with Crippen molar-refractivity contribution in [3.63, 3.8) is 0 Å². The molecule has 1 aromatic heterocycles. The summed E-state index contributed by atoms with van der Waals surface area (Å²) in [4.78, 5) is 18.1. The van der Waals surface area contributed by atoms with Gasteiger partial charge in [0.15, 0.2) is 0 Å². The molecule has 1 aliphatic heterocycles. The third kappa shape index (κ3) is 3.77. The number of halogens is 1. The minimum atomic E-state index is -1.31. The number of aliphatic carboxylic acids is 1. The summed E-state index contributed by atoms with van der Waals surface area (Å²) in [5.41, 5.74) is 6.08. The van der Waals surface area contributed by atoms with Crippen LogP contribution in [-0.4, -0.2) is 39.7 Å². The summed E-state index contributed by atoms with van der Waals surface area (Å²) in [6.07, 6.45) is 2.31. The van der Waals surface area contributed by atoms with Gasteiger partial charge in [0.1, 0.15) is 17.4 Å². The second-order valence-electron chi connectivity index (χ2n) is 6.64. The molecule has 3 rings (SSSR count). The van der Waals surface area contributed by atoms with Crippen LogP contribution in [0.3, 0.4) is 0 Å². The molecular formula is C19H22FN3O3. The highest BCUT2D eigenvalue weighted by Crippen LogP contribution is 2.32. The molecule has 1 saturated heterocycles. The zero-order valence-electron chi connectivity index (χ0n) is 14.6. The van der Waals surface area contributed by atoms with E-state index < -0.39 is 11.6 Å². The number of piperidine rings is 1. The van der Waals surface area contributed by atoms with Crippen molar-refractivity contribution in [2.45, 2.75) is 31.9 Å². The van der Waals surface area contributed by atoms with Crippen LogP contribution in [0.4, 0.5) is 10.2 Å². The number of aryl methyl sites for hydroxylation is 1. The minimum absolute atomic E-state index is 0.333. The second-order valence-corrected chi connectivity index (χ2v) is 6.64. The van der Waals surface area contributed by atoms with Crippen LogP contribution < -0.4 is 10.5 Å². The van der Waals surface area contributed by atoms with Gasteiger partial charge in [0.05, 0.1) is 0 Å². The van der Waals surface area contributed by atoms with Crippen molar-refractivity contribution in [3.05, 3.63) is 53.5 Å². The van der Waals surface area contributed by atoms with E-state index in [4.69, 9.17) is 10.5 Å². The molecule has 1 fully saturated rings. The van der Waals surface area contributed by atoms with Crippen LogP contribution >= 0.6 is 0 Å². The second kappa shape index (κ2) is 7.29. The molecule has 7 heteroatoms. The Labute approximate surface area is 151 Å². The molecule has 2 heterocycles. The molecule has 0 radical (unpaired) electrons. The number of carboxylic acids is 1. The highest BCUT2D eigenvalue weighted by molar-refractivity contribution is 5.78. The van der Waals surface area contributed by atoms with Crippen LogP contribution in [0.2, 0.25) is 0 Å². The Morgan fingerprint density at radius 2 is 2.12 bits per heavy atom. The van der Waals surface area contributed by atoms with Crippen LogP contribution in [0.25, 0.3) is 0 Å². The number of hydrogen-bond acceptors (Lipinski definition) is 5. The molecule has 3 N–H and O–H groups in total. The van der Waals surface area contributed by atoms with E-state index in [1.807, 2.05) is 12.1 Å². The smallest absolute Gasteiger partial charge is 0.348 e. The van der Waals surface area contributed by atoms with Crippen LogP contribution in [0.15, 0.2) is 36.5 Å². The van der Waals surface area contributed by atoms with Gasteiger partial charge in [-0.2, -0.15) is 0 Å². The zero-order valence-corrected chi connectivity index (χ0v) is 14.6. The average Bonchev–Trinajstić information content (AvgIpc) is 2.61. The highest BCUT2D eigenvalue weighted by Gasteiger charge is 2.44. The third-order valence-corrected chi connectivity index (χ3v) is 4.82. The van der Waals surface area contributed by atoms with Crippen molar-refractivity contribution in [2.75, 3.05) is 18.8 Å². The number of hydrogen-bond donors (Lipinski definition) is 2. The summed E-state index contributed by atoms with van der Waals surface area (Å²) in [6, 6.07) is 7.85. The van der Waals surface area contributed by atoms with E-state index >= 15 is 0 Å². The van der Waals surface area contributed by atoms with Crippen molar-refractivity contribution >= 4 is 11.8 Å². The van der Waals surface area contributed by atoms with E-state index in [2.05, 4.69) is 9.88 Å². The summed E-state index contributed by atoms with van der Waals surface area (Å²) in [5.74, 6) is -0.482. The Kier molecular flexibility index (Phi) is 5.08. The predicted molar refractivity (Wildman–Crippen MR) is 95.3 cm³/mol. The molecule has 2 aromatic rings. The van der Waals surface area contributed by atoms with Crippen molar-refractivity contribution < 1.29 is 19.0 Å². The van der Waals surface area contributed by atoms with Crippen LogP contribution in [-0.2, 0) is 11.3 Å². The molecule has 0 amide bonds. The first kappa shape index (κ1) is 18.1. The normalized spacial score (nSPS) is 17.0. The Morgan fingerprint density at radius 3 is 2.73 bits per heavy atom. The summed E-state index contributed by atoms with van der Waals surface area (Å²) in [6.45, 7) is 3.43. The maximum Gasteiger partial charge on any atom is 0.348 e. The van der Waals surface area contributed by atoms with E-state index in [0.717, 1.165) is 5.56 Å². The number of aromatic nitrogens is 1. The molecule has 0 atom stereocenters. The number of carboxylic acid groups (broad SMARTS) is 1.